The molecule has 0 aliphatic carbocycles. The number of piperidine rings is 1. The van der Waals surface area contributed by atoms with Crippen LogP contribution in [0.2, 0.25) is 5.02 Å². The number of likely N-dealkylation sites (tertiary alicyclic amines) is 1. The van der Waals surface area contributed by atoms with Crippen LogP contribution < -0.4 is 0 Å². The van der Waals surface area contributed by atoms with Crippen LogP contribution in [0.15, 0.2) is 36.5 Å². The SMILES string of the molecule is CCN1CCN(CC[C@@H]2[C@H](C(=O)N3CCc4cc(Cl)ccc4C3)CCCN2C(=O)c2ncccc2C(F)(F)F)CC1. The zero-order valence-corrected chi connectivity index (χ0v) is 24.1. The second-order valence-corrected chi connectivity index (χ2v) is 11.6. The average molecular weight is 592 g/mol. The summed E-state index contributed by atoms with van der Waals surface area (Å²) in [5, 5.41) is 0.664. The molecule has 2 fully saturated rings. The fraction of sp³-hybridized carbons (Fsp3) is 0.567. The van der Waals surface area contributed by atoms with Gasteiger partial charge in [-0.1, -0.05) is 24.6 Å². The van der Waals surface area contributed by atoms with Crippen molar-refractivity contribution in [1.82, 2.24) is 24.6 Å². The number of piperazine rings is 1. The molecule has 0 spiro atoms. The number of carbonyl (C=O) groups excluding carboxylic acids is 2. The summed E-state index contributed by atoms with van der Waals surface area (Å²) in [5.74, 6) is -1.28. The normalized spacial score (nSPS) is 22.5. The summed E-state index contributed by atoms with van der Waals surface area (Å²) in [5.41, 5.74) is 0.531. The van der Waals surface area contributed by atoms with Crippen LogP contribution in [0, 0.1) is 5.92 Å². The number of hydrogen-bond donors (Lipinski definition) is 0. The van der Waals surface area contributed by atoms with Gasteiger partial charge in [0.05, 0.1) is 11.5 Å². The van der Waals surface area contributed by atoms with Gasteiger partial charge in [0, 0.05) is 69.6 Å². The number of carbonyl (C=O) groups is 2. The molecule has 2 aromatic rings. The second kappa shape index (κ2) is 12.7. The van der Waals surface area contributed by atoms with Crippen molar-refractivity contribution in [2.24, 2.45) is 5.92 Å². The van der Waals surface area contributed by atoms with Gasteiger partial charge in [-0.05, 0) is 67.6 Å². The van der Waals surface area contributed by atoms with E-state index in [2.05, 4.69) is 21.7 Å². The van der Waals surface area contributed by atoms with Crippen LogP contribution >= 0.6 is 11.6 Å². The Kier molecular flexibility index (Phi) is 9.21. The van der Waals surface area contributed by atoms with Crippen molar-refractivity contribution >= 4 is 23.4 Å². The number of nitrogens with zero attached hydrogens (tertiary/aromatic N) is 5. The Bertz CT molecular complexity index is 1250. The first kappa shape index (κ1) is 29.8. The first-order valence-electron chi connectivity index (χ1n) is 14.5. The van der Waals surface area contributed by atoms with Gasteiger partial charge in [-0.25, -0.2) is 0 Å². The van der Waals surface area contributed by atoms with Crippen LogP contribution in [0.3, 0.4) is 0 Å². The van der Waals surface area contributed by atoms with E-state index in [1.54, 1.807) is 0 Å². The van der Waals surface area contributed by atoms with E-state index in [1.165, 1.54) is 17.2 Å². The molecule has 3 aliphatic heterocycles. The van der Waals surface area contributed by atoms with Gasteiger partial charge in [0.1, 0.15) is 5.69 Å². The molecule has 41 heavy (non-hydrogen) atoms. The van der Waals surface area contributed by atoms with Gasteiger partial charge in [0.25, 0.3) is 5.91 Å². The van der Waals surface area contributed by atoms with E-state index in [0.29, 0.717) is 56.9 Å². The standard InChI is InChI=1S/C30H37ClF3N5O2/c1-2-36-15-17-37(18-16-36)13-10-26-24(28(40)38-14-9-21-19-23(31)8-7-22(21)20-38)5-4-12-39(26)29(41)27-25(30(32,33)34)6-3-11-35-27/h3,6-8,11,19,24,26H,2,4-5,9-10,12-18,20H2,1H3/t24-,26-/m1/s1. The summed E-state index contributed by atoms with van der Waals surface area (Å²) in [7, 11) is 0. The molecule has 0 radical (unpaired) electrons. The Morgan fingerprint density at radius 2 is 1.78 bits per heavy atom. The monoisotopic (exact) mass is 591 g/mol. The van der Waals surface area contributed by atoms with Crippen molar-refractivity contribution < 1.29 is 22.8 Å². The largest absolute Gasteiger partial charge is 0.418 e. The van der Waals surface area contributed by atoms with Crippen molar-refractivity contribution in [2.75, 3.05) is 52.4 Å². The molecule has 2 atom stereocenters. The predicted molar refractivity (Wildman–Crippen MR) is 151 cm³/mol. The fourth-order valence-electron chi connectivity index (χ4n) is 6.48. The highest BCUT2D eigenvalue weighted by Gasteiger charge is 2.43. The van der Waals surface area contributed by atoms with Crippen molar-refractivity contribution in [1.29, 1.82) is 0 Å². The van der Waals surface area contributed by atoms with E-state index in [4.69, 9.17) is 11.6 Å². The maximum atomic E-state index is 14.1. The molecular weight excluding hydrogens is 555 g/mol. The van der Waals surface area contributed by atoms with Crippen molar-refractivity contribution in [3.05, 3.63) is 63.9 Å². The number of alkyl halides is 3. The van der Waals surface area contributed by atoms with Crippen LogP contribution in [0.1, 0.15) is 53.4 Å². The molecule has 3 aliphatic rings. The Hall–Kier alpha value is -2.69. The highest BCUT2D eigenvalue weighted by atomic mass is 35.5. The van der Waals surface area contributed by atoms with Crippen LogP contribution in [-0.2, 0) is 23.9 Å². The summed E-state index contributed by atoms with van der Waals surface area (Å²) in [6, 6.07) is 7.28. The highest BCUT2D eigenvalue weighted by Crippen LogP contribution is 2.35. The van der Waals surface area contributed by atoms with Crippen LogP contribution in [-0.4, -0.2) is 94.8 Å². The second-order valence-electron chi connectivity index (χ2n) is 11.2. The molecule has 0 saturated carbocycles. The maximum absolute atomic E-state index is 14.1. The van der Waals surface area contributed by atoms with E-state index >= 15 is 0 Å². The predicted octanol–water partition coefficient (Wildman–Crippen LogP) is 4.59. The first-order chi connectivity index (χ1) is 19.7. The summed E-state index contributed by atoms with van der Waals surface area (Å²) in [6.45, 7) is 8.77. The Balaban J connectivity index is 1.39. The van der Waals surface area contributed by atoms with E-state index in [1.807, 2.05) is 23.1 Å². The van der Waals surface area contributed by atoms with E-state index < -0.39 is 35.3 Å². The zero-order valence-electron chi connectivity index (χ0n) is 23.4. The molecule has 11 heteroatoms. The van der Waals surface area contributed by atoms with Crippen molar-refractivity contribution in [3.8, 4) is 0 Å². The zero-order chi connectivity index (χ0) is 29.1. The molecule has 2 saturated heterocycles. The molecule has 1 aromatic carbocycles. The van der Waals surface area contributed by atoms with Crippen molar-refractivity contribution in [3.63, 3.8) is 0 Å². The van der Waals surface area contributed by atoms with Gasteiger partial charge in [0.15, 0.2) is 0 Å². The minimum absolute atomic E-state index is 0.0408. The minimum atomic E-state index is -4.71. The molecule has 0 unspecified atom stereocenters. The van der Waals surface area contributed by atoms with Crippen LogP contribution in [0.5, 0.6) is 0 Å². The molecule has 2 amide bonds. The third-order valence-electron chi connectivity index (χ3n) is 8.82. The molecule has 222 valence electrons. The lowest BCUT2D eigenvalue weighted by molar-refractivity contribution is -0.141. The summed E-state index contributed by atoms with van der Waals surface area (Å²) >= 11 is 6.17. The Morgan fingerprint density at radius 1 is 1.02 bits per heavy atom. The molecule has 7 nitrogen and oxygen atoms in total. The quantitative estimate of drug-likeness (QED) is 0.492. The third-order valence-corrected chi connectivity index (χ3v) is 9.05. The van der Waals surface area contributed by atoms with Gasteiger partial charge in [0.2, 0.25) is 5.91 Å². The highest BCUT2D eigenvalue weighted by molar-refractivity contribution is 6.30. The van der Waals surface area contributed by atoms with Crippen LogP contribution in [0.4, 0.5) is 13.2 Å². The Labute approximate surface area is 244 Å². The molecule has 4 heterocycles. The smallest absolute Gasteiger partial charge is 0.338 e. The van der Waals surface area contributed by atoms with E-state index in [0.717, 1.165) is 49.9 Å². The van der Waals surface area contributed by atoms with E-state index in [9.17, 15) is 22.8 Å². The average Bonchev–Trinajstić information content (AvgIpc) is 2.98. The summed E-state index contributed by atoms with van der Waals surface area (Å²) in [6.07, 6.45) is -1.15. The van der Waals surface area contributed by atoms with Gasteiger partial charge in [-0.3, -0.25) is 14.6 Å². The summed E-state index contributed by atoms with van der Waals surface area (Å²) < 4.78 is 41.5. The molecule has 0 bridgehead atoms. The minimum Gasteiger partial charge on any atom is -0.338 e. The number of benzene rings is 1. The number of pyridine rings is 1. The number of rotatable bonds is 6. The first-order valence-corrected chi connectivity index (χ1v) is 14.9. The van der Waals surface area contributed by atoms with Gasteiger partial charge < -0.3 is 19.6 Å². The lowest BCUT2D eigenvalue weighted by Crippen LogP contribution is -2.55. The number of amides is 2. The number of hydrogen-bond acceptors (Lipinski definition) is 5. The lowest BCUT2D eigenvalue weighted by atomic mass is 9.84. The lowest BCUT2D eigenvalue weighted by Gasteiger charge is -2.44. The van der Waals surface area contributed by atoms with Crippen LogP contribution in [0.25, 0.3) is 0 Å². The maximum Gasteiger partial charge on any atom is 0.418 e. The van der Waals surface area contributed by atoms with Gasteiger partial charge in [-0.2, -0.15) is 13.2 Å². The topological polar surface area (TPSA) is 60.0 Å². The number of likely N-dealkylation sites (N-methyl/N-ethyl adjacent to an activating group) is 1. The third kappa shape index (κ3) is 6.70. The van der Waals surface area contributed by atoms with Gasteiger partial charge >= 0.3 is 6.18 Å². The Morgan fingerprint density at radius 3 is 2.51 bits per heavy atom. The number of aromatic nitrogens is 1. The number of fused-ring (bicyclic) bond motifs is 1. The summed E-state index contributed by atoms with van der Waals surface area (Å²) in [4.78, 5) is 39.7. The molecule has 5 rings (SSSR count). The number of halogens is 4. The molecular formula is C30H37ClF3N5O2. The molecule has 0 N–H and O–H groups in total. The fourth-order valence-corrected chi connectivity index (χ4v) is 6.68. The molecule has 1 aromatic heterocycles. The van der Waals surface area contributed by atoms with E-state index in [-0.39, 0.29) is 5.91 Å². The van der Waals surface area contributed by atoms with Gasteiger partial charge in [-0.15, -0.1) is 0 Å². The van der Waals surface area contributed by atoms with Crippen molar-refractivity contribution in [2.45, 2.75) is 51.4 Å².